The summed E-state index contributed by atoms with van der Waals surface area (Å²) in [6.45, 7) is -0.0609. The van der Waals surface area contributed by atoms with Gasteiger partial charge in [-0.3, -0.25) is 9.89 Å². The summed E-state index contributed by atoms with van der Waals surface area (Å²) in [5.74, 6) is 0.643. The van der Waals surface area contributed by atoms with Crippen LogP contribution >= 0.6 is 11.8 Å². The number of fused-ring (bicyclic) bond motifs is 1. The van der Waals surface area contributed by atoms with Crippen molar-refractivity contribution in [3.63, 3.8) is 0 Å². The van der Waals surface area contributed by atoms with Gasteiger partial charge in [-0.25, -0.2) is 0 Å². The number of carbonyl (C=O) groups excluding carboxylic acids is 1. The van der Waals surface area contributed by atoms with E-state index in [9.17, 15) is 9.90 Å². The number of amides is 1. The highest BCUT2D eigenvalue weighted by Gasteiger charge is 2.17. The number of benzene rings is 1. The van der Waals surface area contributed by atoms with Gasteiger partial charge in [-0.1, -0.05) is 18.2 Å². The van der Waals surface area contributed by atoms with Crippen molar-refractivity contribution >= 4 is 28.6 Å². The lowest BCUT2D eigenvalue weighted by atomic mass is 10.2. The molecule has 0 saturated carbocycles. The van der Waals surface area contributed by atoms with Crippen LogP contribution in [-0.4, -0.2) is 45.9 Å². The van der Waals surface area contributed by atoms with Crippen LogP contribution < -0.4 is 5.32 Å². The van der Waals surface area contributed by atoms with Crippen LogP contribution in [0.15, 0.2) is 24.3 Å². The average molecular weight is 279 g/mol. The minimum absolute atomic E-state index is 0.0609. The molecule has 2 rings (SSSR count). The molecule has 6 heteroatoms. The van der Waals surface area contributed by atoms with Crippen molar-refractivity contribution in [3.05, 3.63) is 30.0 Å². The topological polar surface area (TPSA) is 78.0 Å². The Morgan fingerprint density at radius 1 is 1.53 bits per heavy atom. The molecule has 1 aromatic heterocycles. The molecule has 0 saturated heterocycles. The molecule has 0 aliphatic heterocycles. The summed E-state index contributed by atoms with van der Waals surface area (Å²) in [7, 11) is 0. The van der Waals surface area contributed by atoms with Gasteiger partial charge in [0.15, 0.2) is 5.69 Å². The second kappa shape index (κ2) is 6.58. The quantitative estimate of drug-likeness (QED) is 0.747. The molecule has 3 N–H and O–H groups in total. The number of aliphatic hydroxyl groups is 1. The Labute approximate surface area is 115 Å². The van der Waals surface area contributed by atoms with Crippen LogP contribution in [0.1, 0.15) is 16.9 Å². The van der Waals surface area contributed by atoms with Crippen molar-refractivity contribution in [2.24, 2.45) is 0 Å². The smallest absolute Gasteiger partial charge is 0.272 e. The summed E-state index contributed by atoms with van der Waals surface area (Å²) in [6.07, 6.45) is 2.74. The monoisotopic (exact) mass is 279 g/mol. The lowest BCUT2D eigenvalue weighted by Gasteiger charge is -2.14. The molecule has 0 aliphatic rings. The van der Waals surface area contributed by atoms with Gasteiger partial charge in [0.1, 0.15) is 0 Å². The summed E-state index contributed by atoms with van der Waals surface area (Å²) >= 11 is 1.69. The van der Waals surface area contributed by atoms with Gasteiger partial charge >= 0.3 is 0 Å². The van der Waals surface area contributed by atoms with E-state index >= 15 is 0 Å². The molecule has 1 heterocycles. The molecule has 19 heavy (non-hydrogen) atoms. The van der Waals surface area contributed by atoms with Crippen molar-refractivity contribution in [3.8, 4) is 0 Å². The maximum absolute atomic E-state index is 12.1. The van der Waals surface area contributed by atoms with E-state index in [2.05, 4.69) is 15.5 Å². The second-order valence-electron chi connectivity index (χ2n) is 4.25. The fraction of sp³-hybridized carbons (Fsp3) is 0.385. The first-order valence-electron chi connectivity index (χ1n) is 6.10. The lowest BCUT2D eigenvalue weighted by Crippen LogP contribution is -2.38. The highest BCUT2D eigenvalue weighted by molar-refractivity contribution is 7.98. The van der Waals surface area contributed by atoms with E-state index in [1.54, 1.807) is 11.8 Å². The van der Waals surface area contributed by atoms with Crippen LogP contribution in [0.5, 0.6) is 0 Å². The number of hydrogen-bond donors (Lipinski definition) is 3. The Hall–Kier alpha value is -1.53. The molecule has 0 unspecified atom stereocenters. The zero-order valence-corrected chi connectivity index (χ0v) is 11.5. The molecule has 0 fully saturated rings. The number of carbonyl (C=O) groups is 1. The number of aromatic nitrogens is 2. The van der Waals surface area contributed by atoms with Crippen LogP contribution in [0.2, 0.25) is 0 Å². The number of thioether (sulfide) groups is 1. The van der Waals surface area contributed by atoms with Crippen LogP contribution in [0.4, 0.5) is 0 Å². The highest BCUT2D eigenvalue weighted by Crippen LogP contribution is 2.15. The van der Waals surface area contributed by atoms with E-state index in [4.69, 9.17) is 0 Å². The molecule has 5 nitrogen and oxygen atoms in total. The van der Waals surface area contributed by atoms with Crippen LogP contribution in [-0.2, 0) is 0 Å². The van der Waals surface area contributed by atoms with Crippen LogP contribution in [0.25, 0.3) is 10.9 Å². The molecule has 0 bridgehead atoms. The number of aromatic amines is 1. The van der Waals surface area contributed by atoms with Crippen LogP contribution in [0.3, 0.4) is 0 Å². The SMILES string of the molecule is CSCC[C@@H](CO)NC(=O)c1n[nH]c2ccccc12. The van der Waals surface area contributed by atoms with Crippen molar-refractivity contribution in [2.75, 3.05) is 18.6 Å². The molecule has 1 amide bonds. The highest BCUT2D eigenvalue weighted by atomic mass is 32.2. The lowest BCUT2D eigenvalue weighted by molar-refractivity contribution is 0.0912. The minimum Gasteiger partial charge on any atom is -0.394 e. The third-order valence-corrected chi connectivity index (χ3v) is 3.56. The summed E-state index contributed by atoms with van der Waals surface area (Å²) in [6, 6.07) is 7.25. The number of aliphatic hydroxyl groups excluding tert-OH is 1. The molecule has 1 aromatic carbocycles. The van der Waals surface area contributed by atoms with Crippen molar-refractivity contribution in [2.45, 2.75) is 12.5 Å². The van der Waals surface area contributed by atoms with Gasteiger partial charge in [0.2, 0.25) is 0 Å². The molecule has 1 atom stereocenters. The summed E-state index contributed by atoms with van der Waals surface area (Å²) in [5, 5.41) is 19.7. The van der Waals surface area contributed by atoms with Crippen molar-refractivity contribution in [1.29, 1.82) is 0 Å². The third-order valence-electron chi connectivity index (χ3n) is 2.91. The average Bonchev–Trinajstić information content (AvgIpc) is 2.87. The van der Waals surface area contributed by atoms with Gasteiger partial charge in [0, 0.05) is 5.39 Å². The Morgan fingerprint density at radius 3 is 3.05 bits per heavy atom. The molecule has 102 valence electrons. The van der Waals surface area contributed by atoms with Gasteiger partial charge in [0.05, 0.1) is 18.2 Å². The van der Waals surface area contributed by atoms with E-state index in [-0.39, 0.29) is 18.6 Å². The Kier molecular flexibility index (Phi) is 4.81. The molecular formula is C13H17N3O2S. The number of para-hydroxylation sites is 1. The summed E-state index contributed by atoms with van der Waals surface area (Å²) in [5.41, 5.74) is 1.20. The van der Waals surface area contributed by atoms with E-state index < -0.39 is 0 Å². The fourth-order valence-electron chi connectivity index (χ4n) is 1.86. The number of rotatable bonds is 6. The first-order chi connectivity index (χ1) is 9.26. The second-order valence-corrected chi connectivity index (χ2v) is 5.24. The molecule has 0 radical (unpaired) electrons. The zero-order chi connectivity index (χ0) is 13.7. The largest absolute Gasteiger partial charge is 0.394 e. The fourth-order valence-corrected chi connectivity index (χ4v) is 2.38. The number of nitrogens with one attached hydrogen (secondary N) is 2. The normalized spacial score (nSPS) is 12.5. The Bertz CT molecular complexity index is 556. The summed E-state index contributed by atoms with van der Waals surface area (Å²) in [4.78, 5) is 12.1. The number of hydrogen-bond acceptors (Lipinski definition) is 4. The minimum atomic E-state index is -0.252. The Morgan fingerprint density at radius 2 is 2.32 bits per heavy atom. The third kappa shape index (κ3) is 3.27. The predicted octanol–water partition coefficient (Wildman–Crippen LogP) is 1.41. The Balaban J connectivity index is 2.10. The number of nitrogens with zero attached hydrogens (tertiary/aromatic N) is 1. The van der Waals surface area contributed by atoms with Crippen molar-refractivity contribution in [1.82, 2.24) is 15.5 Å². The first-order valence-corrected chi connectivity index (χ1v) is 7.49. The standard InChI is InChI=1S/C13H17N3O2S/c1-19-7-6-9(8-17)14-13(18)12-10-4-2-3-5-11(10)15-16-12/h2-5,9,17H,6-8H2,1H3,(H,14,18)(H,15,16)/t9-/m0/s1. The van der Waals surface area contributed by atoms with E-state index in [0.717, 1.165) is 23.1 Å². The molecule has 0 aliphatic carbocycles. The molecule has 2 aromatic rings. The van der Waals surface area contributed by atoms with Gasteiger partial charge in [-0.15, -0.1) is 0 Å². The number of H-pyrrole nitrogens is 1. The van der Waals surface area contributed by atoms with E-state index in [1.807, 2.05) is 30.5 Å². The first kappa shape index (κ1) is 13.9. The maximum Gasteiger partial charge on any atom is 0.272 e. The van der Waals surface area contributed by atoms with Crippen molar-refractivity contribution < 1.29 is 9.90 Å². The van der Waals surface area contributed by atoms with E-state index in [1.165, 1.54) is 0 Å². The van der Waals surface area contributed by atoms with E-state index in [0.29, 0.717) is 5.69 Å². The maximum atomic E-state index is 12.1. The predicted molar refractivity (Wildman–Crippen MR) is 77.4 cm³/mol. The van der Waals surface area contributed by atoms with Crippen LogP contribution in [0, 0.1) is 0 Å². The van der Waals surface area contributed by atoms with Gasteiger partial charge in [0.25, 0.3) is 5.91 Å². The van der Waals surface area contributed by atoms with Gasteiger partial charge in [-0.05, 0) is 24.5 Å². The van der Waals surface area contributed by atoms with Gasteiger partial charge in [-0.2, -0.15) is 16.9 Å². The van der Waals surface area contributed by atoms with Gasteiger partial charge < -0.3 is 10.4 Å². The molecular weight excluding hydrogens is 262 g/mol. The zero-order valence-electron chi connectivity index (χ0n) is 10.7. The molecule has 0 spiro atoms. The summed E-state index contributed by atoms with van der Waals surface area (Å²) < 4.78 is 0.